The van der Waals surface area contributed by atoms with E-state index >= 15 is 0 Å². The molecular weight excluding hydrogens is 270 g/mol. The van der Waals surface area contributed by atoms with E-state index in [-0.39, 0.29) is 5.56 Å². The van der Waals surface area contributed by atoms with Crippen LogP contribution in [0.2, 0.25) is 0 Å². The van der Waals surface area contributed by atoms with Crippen molar-refractivity contribution in [1.29, 1.82) is 0 Å². The molecule has 0 radical (unpaired) electrons. The molecule has 2 N–H and O–H groups in total. The topological polar surface area (TPSA) is 51.3 Å². The second kappa shape index (κ2) is 6.34. The highest BCUT2D eigenvalue weighted by Gasteiger charge is 2.08. The van der Waals surface area contributed by atoms with Crippen molar-refractivity contribution in [3.05, 3.63) is 64.6 Å². The normalized spacial score (nSPS) is 10.2. The summed E-state index contributed by atoms with van der Waals surface area (Å²) in [5.41, 5.74) is 7.56. The van der Waals surface area contributed by atoms with Crippen molar-refractivity contribution in [3.63, 3.8) is 0 Å². The van der Waals surface area contributed by atoms with Crippen molar-refractivity contribution in [1.82, 2.24) is 4.57 Å². The SMILES string of the molecule is CN(CCn1ccccc1=O)c1ccccc1C(N)=S. The number of aromatic nitrogens is 1. The highest BCUT2D eigenvalue weighted by molar-refractivity contribution is 7.80. The quantitative estimate of drug-likeness (QED) is 0.849. The lowest BCUT2D eigenvalue weighted by Crippen LogP contribution is -2.29. The van der Waals surface area contributed by atoms with E-state index in [4.69, 9.17) is 18.0 Å². The second-order valence-electron chi connectivity index (χ2n) is 4.54. The Hall–Kier alpha value is -2.14. The average Bonchev–Trinajstić information content (AvgIpc) is 2.46. The molecule has 0 bridgehead atoms. The lowest BCUT2D eigenvalue weighted by atomic mass is 10.1. The van der Waals surface area contributed by atoms with Gasteiger partial charge in [0.2, 0.25) is 0 Å². The fourth-order valence-corrected chi connectivity index (χ4v) is 2.21. The Balaban J connectivity index is 2.13. The minimum atomic E-state index is 0.00327. The smallest absolute Gasteiger partial charge is 0.250 e. The Morgan fingerprint density at radius 1 is 1.25 bits per heavy atom. The number of benzene rings is 1. The molecular formula is C15H17N3OS. The van der Waals surface area contributed by atoms with E-state index in [0.29, 0.717) is 18.1 Å². The van der Waals surface area contributed by atoms with Gasteiger partial charge < -0.3 is 15.2 Å². The van der Waals surface area contributed by atoms with Gasteiger partial charge in [-0.25, -0.2) is 0 Å². The Kier molecular flexibility index (Phi) is 4.53. The largest absolute Gasteiger partial charge is 0.389 e. The van der Waals surface area contributed by atoms with Crippen LogP contribution in [0, 0.1) is 0 Å². The number of hydrogen-bond donors (Lipinski definition) is 1. The summed E-state index contributed by atoms with van der Waals surface area (Å²) in [4.78, 5) is 14.1. The maximum Gasteiger partial charge on any atom is 0.250 e. The average molecular weight is 287 g/mol. The molecule has 0 fully saturated rings. The summed E-state index contributed by atoms with van der Waals surface area (Å²) in [5, 5.41) is 0. The highest BCUT2D eigenvalue weighted by atomic mass is 32.1. The van der Waals surface area contributed by atoms with Gasteiger partial charge in [-0.1, -0.05) is 30.4 Å². The molecule has 1 aromatic carbocycles. The zero-order valence-electron chi connectivity index (χ0n) is 11.3. The van der Waals surface area contributed by atoms with Gasteiger partial charge in [0.1, 0.15) is 4.99 Å². The van der Waals surface area contributed by atoms with Gasteiger partial charge in [-0.15, -0.1) is 0 Å². The number of thiocarbonyl (C=S) groups is 1. The van der Waals surface area contributed by atoms with Gasteiger partial charge >= 0.3 is 0 Å². The van der Waals surface area contributed by atoms with Crippen LogP contribution in [0.15, 0.2) is 53.5 Å². The van der Waals surface area contributed by atoms with Gasteiger partial charge in [0, 0.05) is 43.7 Å². The van der Waals surface area contributed by atoms with Crippen molar-refractivity contribution in [2.45, 2.75) is 6.54 Å². The van der Waals surface area contributed by atoms with Gasteiger partial charge in [-0.2, -0.15) is 0 Å². The van der Waals surface area contributed by atoms with Crippen molar-refractivity contribution in [2.24, 2.45) is 5.73 Å². The van der Waals surface area contributed by atoms with E-state index < -0.39 is 0 Å². The van der Waals surface area contributed by atoms with Crippen LogP contribution in [0.1, 0.15) is 5.56 Å². The van der Waals surface area contributed by atoms with Crippen molar-refractivity contribution in [3.8, 4) is 0 Å². The molecule has 20 heavy (non-hydrogen) atoms. The first-order valence-corrected chi connectivity index (χ1v) is 6.76. The number of pyridine rings is 1. The molecule has 0 spiro atoms. The van der Waals surface area contributed by atoms with Crippen LogP contribution in [0.25, 0.3) is 0 Å². The maximum atomic E-state index is 11.6. The van der Waals surface area contributed by atoms with Gasteiger partial charge in [-0.05, 0) is 18.2 Å². The van der Waals surface area contributed by atoms with E-state index in [1.165, 1.54) is 0 Å². The number of nitrogens with zero attached hydrogens (tertiary/aromatic N) is 2. The molecule has 104 valence electrons. The van der Waals surface area contributed by atoms with Crippen LogP contribution < -0.4 is 16.2 Å². The Morgan fingerprint density at radius 3 is 2.65 bits per heavy atom. The Bertz CT molecular complexity index is 666. The molecule has 0 aliphatic heterocycles. The van der Waals surface area contributed by atoms with Gasteiger partial charge in [0.15, 0.2) is 0 Å². The van der Waals surface area contributed by atoms with Crippen molar-refractivity contribution >= 4 is 22.9 Å². The summed E-state index contributed by atoms with van der Waals surface area (Å²) in [6.07, 6.45) is 1.79. The van der Waals surface area contributed by atoms with Gasteiger partial charge in [-0.3, -0.25) is 4.79 Å². The monoisotopic (exact) mass is 287 g/mol. The zero-order valence-corrected chi connectivity index (χ0v) is 12.1. The molecule has 5 heteroatoms. The van der Waals surface area contributed by atoms with Crippen LogP contribution in [0.3, 0.4) is 0 Å². The van der Waals surface area contributed by atoms with Crippen LogP contribution >= 0.6 is 12.2 Å². The fraction of sp³-hybridized carbons (Fsp3) is 0.200. The second-order valence-corrected chi connectivity index (χ2v) is 4.98. The zero-order chi connectivity index (χ0) is 14.5. The van der Waals surface area contributed by atoms with Gasteiger partial charge in [0.25, 0.3) is 5.56 Å². The summed E-state index contributed by atoms with van der Waals surface area (Å²) in [6.45, 7) is 1.31. The Morgan fingerprint density at radius 2 is 1.95 bits per heavy atom. The van der Waals surface area contributed by atoms with Crippen molar-refractivity contribution < 1.29 is 0 Å². The molecule has 0 amide bonds. The third kappa shape index (κ3) is 3.24. The molecule has 1 aromatic heterocycles. The maximum absolute atomic E-state index is 11.6. The number of likely N-dealkylation sites (N-methyl/N-ethyl adjacent to an activating group) is 1. The third-order valence-corrected chi connectivity index (χ3v) is 3.38. The molecule has 4 nitrogen and oxygen atoms in total. The lowest BCUT2D eigenvalue weighted by molar-refractivity contribution is 0.661. The number of rotatable bonds is 5. The molecule has 1 heterocycles. The molecule has 0 saturated heterocycles. The summed E-state index contributed by atoms with van der Waals surface area (Å²) in [6, 6.07) is 12.9. The van der Waals surface area contributed by atoms with E-state index in [0.717, 1.165) is 11.3 Å². The lowest BCUT2D eigenvalue weighted by Gasteiger charge is -2.22. The first-order valence-electron chi connectivity index (χ1n) is 6.35. The van der Waals surface area contributed by atoms with E-state index in [2.05, 4.69) is 0 Å². The van der Waals surface area contributed by atoms with E-state index in [1.54, 1.807) is 22.9 Å². The molecule has 2 rings (SSSR count). The molecule has 0 aliphatic carbocycles. The predicted molar refractivity (Wildman–Crippen MR) is 86.3 cm³/mol. The molecule has 2 aromatic rings. The summed E-state index contributed by atoms with van der Waals surface area (Å²) < 4.78 is 1.68. The standard InChI is InChI=1S/C15H17N3OS/c1-17(10-11-18-9-5-4-8-14(18)19)13-7-3-2-6-12(13)15(16)20/h2-9H,10-11H2,1H3,(H2,16,20). The summed E-state index contributed by atoms with van der Waals surface area (Å²) in [7, 11) is 1.96. The van der Waals surface area contributed by atoms with Gasteiger partial charge in [0.05, 0.1) is 0 Å². The van der Waals surface area contributed by atoms with E-state index in [1.807, 2.05) is 42.3 Å². The van der Waals surface area contributed by atoms with Crippen LogP contribution in [0.4, 0.5) is 5.69 Å². The predicted octanol–water partition coefficient (Wildman–Crippen LogP) is 1.62. The molecule has 0 aliphatic rings. The fourth-order valence-electron chi connectivity index (χ4n) is 2.04. The number of nitrogens with two attached hydrogens (primary N) is 1. The van der Waals surface area contributed by atoms with Crippen LogP contribution in [-0.4, -0.2) is 23.1 Å². The van der Waals surface area contributed by atoms with Crippen LogP contribution in [0.5, 0.6) is 0 Å². The van der Waals surface area contributed by atoms with Crippen LogP contribution in [-0.2, 0) is 6.54 Å². The minimum absolute atomic E-state index is 0.00327. The van der Waals surface area contributed by atoms with Crippen molar-refractivity contribution in [2.75, 3.05) is 18.5 Å². The number of para-hydroxylation sites is 1. The molecule has 0 unspecified atom stereocenters. The van der Waals surface area contributed by atoms with E-state index in [9.17, 15) is 4.79 Å². The summed E-state index contributed by atoms with van der Waals surface area (Å²) >= 11 is 5.06. The first-order chi connectivity index (χ1) is 9.59. The minimum Gasteiger partial charge on any atom is -0.389 e. The molecule has 0 saturated carbocycles. The number of anilines is 1. The molecule has 0 atom stereocenters. The number of hydrogen-bond acceptors (Lipinski definition) is 3. The Labute approximate surface area is 123 Å². The third-order valence-electron chi connectivity index (χ3n) is 3.16. The first kappa shape index (κ1) is 14.3. The highest BCUT2D eigenvalue weighted by Crippen LogP contribution is 2.18. The summed E-state index contributed by atoms with van der Waals surface area (Å²) in [5.74, 6) is 0.